The second-order valence-electron chi connectivity index (χ2n) is 7.34. The number of hydrogen-bond donors (Lipinski definition) is 3. The molecule has 0 aliphatic carbocycles. The highest BCUT2D eigenvalue weighted by molar-refractivity contribution is 5.69. The predicted molar refractivity (Wildman–Crippen MR) is 104 cm³/mol. The van der Waals surface area contributed by atoms with Gasteiger partial charge in [-0.1, -0.05) is 51.2 Å². The molecule has 4 atom stereocenters. The maximum absolute atomic E-state index is 11.9. The van der Waals surface area contributed by atoms with Crippen LogP contribution >= 0.6 is 0 Å². The maximum Gasteiger partial charge on any atom is 0.306 e. The number of ether oxygens (including phenoxy) is 2. The summed E-state index contributed by atoms with van der Waals surface area (Å²) in [5.74, 6) is -0.402. The molecule has 0 unspecified atom stereocenters. The first-order chi connectivity index (χ1) is 13.1. The molecule has 1 saturated heterocycles. The molecule has 0 aromatic rings. The highest BCUT2D eigenvalue weighted by atomic mass is 16.6. The monoisotopic (exact) mass is 386 g/mol. The molecule has 0 amide bonds. The molecule has 0 radical (unpaired) electrons. The Balaban J connectivity index is 2.02. The van der Waals surface area contributed by atoms with Crippen LogP contribution < -0.4 is 0 Å². The van der Waals surface area contributed by atoms with Gasteiger partial charge >= 0.3 is 5.97 Å². The molecule has 0 spiro atoms. The molecule has 0 saturated carbocycles. The Morgan fingerprint density at radius 1 is 1.07 bits per heavy atom. The zero-order chi connectivity index (χ0) is 19.9. The van der Waals surface area contributed by atoms with Crippen LogP contribution in [0.3, 0.4) is 0 Å². The van der Waals surface area contributed by atoms with Crippen molar-refractivity contribution >= 4 is 5.97 Å². The number of hydrogen-bond acceptors (Lipinski definition) is 6. The Morgan fingerprint density at radius 2 is 1.70 bits per heavy atom. The summed E-state index contributed by atoms with van der Waals surface area (Å²) >= 11 is 0. The fourth-order valence-electron chi connectivity index (χ4n) is 3.20. The number of allylic oxidation sites excluding steroid dienone is 2. The highest BCUT2D eigenvalue weighted by Crippen LogP contribution is 2.20. The van der Waals surface area contributed by atoms with Crippen LogP contribution in [-0.2, 0) is 14.3 Å². The van der Waals surface area contributed by atoms with Gasteiger partial charge in [0, 0.05) is 6.42 Å². The molecule has 1 heterocycles. The quantitative estimate of drug-likeness (QED) is 0.227. The van der Waals surface area contributed by atoms with Crippen molar-refractivity contribution in [3.8, 4) is 0 Å². The van der Waals surface area contributed by atoms with Gasteiger partial charge in [-0.05, 0) is 32.1 Å². The fraction of sp³-hybridized carbons (Fsp3) is 0.857. The summed E-state index contributed by atoms with van der Waals surface area (Å²) in [5, 5.41) is 28.6. The summed E-state index contributed by atoms with van der Waals surface area (Å²) in [6.45, 7) is 1.76. The summed E-state index contributed by atoms with van der Waals surface area (Å²) in [5.41, 5.74) is 0. The number of rotatable bonds is 15. The van der Waals surface area contributed by atoms with E-state index in [1.807, 2.05) is 0 Å². The Labute approximate surface area is 163 Å². The van der Waals surface area contributed by atoms with E-state index in [9.17, 15) is 20.1 Å². The molecule has 1 aliphatic rings. The molecular weight excluding hydrogens is 348 g/mol. The zero-order valence-electron chi connectivity index (χ0n) is 16.7. The topological polar surface area (TPSA) is 96.2 Å². The van der Waals surface area contributed by atoms with E-state index in [-0.39, 0.29) is 6.61 Å². The van der Waals surface area contributed by atoms with Crippen LogP contribution in [0.4, 0.5) is 0 Å². The predicted octanol–water partition coefficient (Wildman–Crippen LogP) is 2.88. The Morgan fingerprint density at radius 3 is 2.30 bits per heavy atom. The Kier molecular flexibility index (Phi) is 13.4. The van der Waals surface area contributed by atoms with Gasteiger partial charge in [0.25, 0.3) is 0 Å². The van der Waals surface area contributed by atoms with E-state index in [0.717, 1.165) is 32.1 Å². The average molecular weight is 387 g/mol. The van der Waals surface area contributed by atoms with Crippen LogP contribution in [0.2, 0.25) is 0 Å². The van der Waals surface area contributed by atoms with E-state index in [1.165, 1.54) is 32.1 Å². The molecule has 3 N–H and O–H groups in total. The second kappa shape index (κ2) is 15.0. The number of aliphatic hydroxyl groups excluding tert-OH is 3. The second-order valence-corrected chi connectivity index (χ2v) is 7.34. The minimum absolute atomic E-state index is 0.0200. The van der Waals surface area contributed by atoms with Crippen LogP contribution in [0.25, 0.3) is 0 Å². The molecule has 1 fully saturated rings. The fourth-order valence-corrected chi connectivity index (χ4v) is 3.20. The van der Waals surface area contributed by atoms with Crippen molar-refractivity contribution in [2.45, 2.75) is 102 Å². The molecule has 6 heteroatoms. The van der Waals surface area contributed by atoms with Gasteiger partial charge in [-0.3, -0.25) is 4.79 Å². The van der Waals surface area contributed by atoms with Gasteiger partial charge in [-0.2, -0.15) is 0 Å². The summed E-state index contributed by atoms with van der Waals surface area (Å²) < 4.78 is 10.4. The Hall–Kier alpha value is -0.950. The van der Waals surface area contributed by atoms with Gasteiger partial charge in [0.15, 0.2) is 6.10 Å². The van der Waals surface area contributed by atoms with Gasteiger partial charge in [0.05, 0.1) is 13.2 Å². The van der Waals surface area contributed by atoms with E-state index in [4.69, 9.17) is 9.47 Å². The van der Waals surface area contributed by atoms with Crippen molar-refractivity contribution in [3.05, 3.63) is 12.2 Å². The molecule has 1 rings (SSSR count). The van der Waals surface area contributed by atoms with E-state index in [1.54, 1.807) is 0 Å². The van der Waals surface area contributed by atoms with E-state index < -0.39 is 37.0 Å². The van der Waals surface area contributed by atoms with E-state index in [0.29, 0.717) is 6.42 Å². The molecule has 6 nitrogen and oxygen atoms in total. The van der Waals surface area contributed by atoms with Gasteiger partial charge in [-0.25, -0.2) is 0 Å². The van der Waals surface area contributed by atoms with Crippen LogP contribution in [0.1, 0.15) is 77.6 Å². The molecule has 158 valence electrons. The zero-order valence-corrected chi connectivity index (χ0v) is 16.7. The van der Waals surface area contributed by atoms with Crippen molar-refractivity contribution in [1.82, 2.24) is 0 Å². The van der Waals surface area contributed by atoms with Crippen molar-refractivity contribution in [2.24, 2.45) is 0 Å². The third kappa shape index (κ3) is 10.2. The number of carbonyl (C=O) groups is 1. The molecular formula is C21H38O6. The smallest absolute Gasteiger partial charge is 0.306 e. The number of esters is 1. The van der Waals surface area contributed by atoms with Crippen LogP contribution in [0, 0.1) is 0 Å². The molecule has 0 bridgehead atoms. The molecule has 27 heavy (non-hydrogen) atoms. The van der Waals surface area contributed by atoms with Crippen molar-refractivity contribution in [1.29, 1.82) is 0 Å². The normalized spacial score (nSPS) is 23.8. The molecule has 1 aliphatic heterocycles. The molecule has 0 aromatic carbocycles. The first-order valence-electron chi connectivity index (χ1n) is 10.5. The summed E-state index contributed by atoms with van der Waals surface area (Å²) in [6, 6.07) is 0. The van der Waals surface area contributed by atoms with Crippen molar-refractivity contribution in [3.63, 3.8) is 0 Å². The SMILES string of the molecule is CCCCCC=CCCCCCCCC(=O)O[C@H](CO)[C@H]1OC[C@H](O)[C@H]1O. The summed E-state index contributed by atoms with van der Waals surface area (Å²) in [4.78, 5) is 11.9. The summed E-state index contributed by atoms with van der Waals surface area (Å²) in [7, 11) is 0. The molecule has 0 aromatic heterocycles. The first-order valence-corrected chi connectivity index (χ1v) is 10.5. The van der Waals surface area contributed by atoms with Crippen LogP contribution in [0.5, 0.6) is 0 Å². The number of unbranched alkanes of at least 4 members (excludes halogenated alkanes) is 8. The third-order valence-electron chi connectivity index (χ3n) is 4.91. The van der Waals surface area contributed by atoms with Gasteiger partial charge < -0.3 is 24.8 Å². The van der Waals surface area contributed by atoms with E-state index in [2.05, 4.69) is 19.1 Å². The standard InChI is InChI=1S/C21H38O6/c1-2-3-4-5-6-7-8-9-10-11-12-13-14-19(24)27-18(15-22)21-20(25)17(23)16-26-21/h6-7,17-18,20-23,25H,2-5,8-16H2,1H3/t17-,18+,20+,21+/m0/s1. The Bertz CT molecular complexity index is 411. The third-order valence-corrected chi connectivity index (χ3v) is 4.91. The lowest BCUT2D eigenvalue weighted by Crippen LogP contribution is -2.43. The maximum atomic E-state index is 11.9. The van der Waals surface area contributed by atoms with Crippen molar-refractivity contribution < 1.29 is 29.6 Å². The number of aliphatic hydroxyl groups is 3. The average Bonchev–Trinajstić information content (AvgIpc) is 2.99. The van der Waals surface area contributed by atoms with Gasteiger partial charge in [0.2, 0.25) is 0 Å². The lowest BCUT2D eigenvalue weighted by molar-refractivity contribution is -0.162. The van der Waals surface area contributed by atoms with Crippen LogP contribution in [0.15, 0.2) is 12.2 Å². The highest BCUT2D eigenvalue weighted by Gasteiger charge is 2.41. The van der Waals surface area contributed by atoms with Crippen LogP contribution in [-0.4, -0.2) is 58.9 Å². The first kappa shape index (κ1) is 24.1. The largest absolute Gasteiger partial charge is 0.457 e. The minimum atomic E-state index is -1.14. The van der Waals surface area contributed by atoms with E-state index >= 15 is 0 Å². The van der Waals surface area contributed by atoms with Crippen molar-refractivity contribution in [2.75, 3.05) is 13.2 Å². The summed E-state index contributed by atoms with van der Waals surface area (Å²) in [6.07, 6.45) is 12.2. The lowest BCUT2D eigenvalue weighted by atomic mass is 10.1. The van der Waals surface area contributed by atoms with Gasteiger partial charge in [0.1, 0.15) is 18.3 Å². The van der Waals surface area contributed by atoms with Gasteiger partial charge in [-0.15, -0.1) is 0 Å². The minimum Gasteiger partial charge on any atom is -0.457 e. The lowest BCUT2D eigenvalue weighted by Gasteiger charge is -2.24. The number of carbonyl (C=O) groups excluding carboxylic acids is 1.